The van der Waals surface area contributed by atoms with E-state index in [1.165, 1.54) is 11.5 Å². The van der Waals surface area contributed by atoms with Crippen LogP contribution in [-0.2, 0) is 11.8 Å². The number of thiophene rings is 1. The molecule has 1 N–H and O–H groups in total. The Labute approximate surface area is 282 Å². The number of nitrogens with zero attached hydrogens (tertiary/aromatic N) is 6. The smallest absolute Gasteiger partial charge is 0.246 e. The van der Waals surface area contributed by atoms with E-state index < -0.39 is 29.7 Å². The lowest BCUT2D eigenvalue weighted by molar-refractivity contribution is -0.129. The number of carbonyl (C=O) groups excluding carboxylic acids is 1. The summed E-state index contributed by atoms with van der Waals surface area (Å²) in [6.07, 6.45) is 2.70. The van der Waals surface area contributed by atoms with Gasteiger partial charge in [-0.2, -0.15) is 10.2 Å². The molecule has 49 heavy (non-hydrogen) atoms. The number of aliphatic hydroxyl groups is 1. The van der Waals surface area contributed by atoms with E-state index in [0.29, 0.717) is 52.2 Å². The van der Waals surface area contributed by atoms with Gasteiger partial charge in [-0.15, -0.1) is 11.3 Å². The average Bonchev–Trinajstić information content (AvgIpc) is 3.77. The molecule has 1 aliphatic carbocycles. The van der Waals surface area contributed by atoms with Gasteiger partial charge in [0.25, 0.3) is 0 Å². The number of amides is 1. The molecule has 0 saturated heterocycles. The summed E-state index contributed by atoms with van der Waals surface area (Å²) >= 11 is 1.12. The van der Waals surface area contributed by atoms with Gasteiger partial charge in [-0.25, -0.2) is 18.2 Å². The van der Waals surface area contributed by atoms with Gasteiger partial charge in [0, 0.05) is 72.0 Å². The summed E-state index contributed by atoms with van der Waals surface area (Å²) in [5, 5.41) is 21.7. The fourth-order valence-corrected chi connectivity index (χ4v) is 7.89. The molecular weight excluding hydrogens is 653 g/mol. The van der Waals surface area contributed by atoms with Gasteiger partial charge < -0.3 is 14.7 Å². The zero-order valence-corrected chi connectivity index (χ0v) is 27.6. The summed E-state index contributed by atoms with van der Waals surface area (Å²) in [5.74, 6) is -2.78. The van der Waals surface area contributed by atoms with Crippen molar-refractivity contribution >= 4 is 38.2 Å². The van der Waals surface area contributed by atoms with E-state index in [4.69, 9.17) is 14.8 Å². The van der Waals surface area contributed by atoms with Crippen molar-refractivity contribution in [2.75, 3.05) is 6.54 Å². The van der Waals surface area contributed by atoms with Crippen LogP contribution in [0.4, 0.5) is 13.2 Å². The van der Waals surface area contributed by atoms with E-state index in [0.717, 1.165) is 28.9 Å². The van der Waals surface area contributed by atoms with E-state index in [1.54, 1.807) is 20.3 Å². The maximum atomic E-state index is 16.2. The molecule has 13 heteroatoms. The Morgan fingerprint density at radius 3 is 2.61 bits per heavy atom. The Kier molecular flexibility index (Phi) is 7.37. The van der Waals surface area contributed by atoms with E-state index in [9.17, 15) is 14.3 Å². The van der Waals surface area contributed by atoms with Crippen molar-refractivity contribution in [1.29, 1.82) is 0 Å². The van der Waals surface area contributed by atoms with E-state index in [-0.39, 0.29) is 45.9 Å². The number of pyridine rings is 1. The van der Waals surface area contributed by atoms with Crippen molar-refractivity contribution in [3.8, 4) is 39.5 Å². The summed E-state index contributed by atoms with van der Waals surface area (Å²) < 4.78 is 57.3. The highest BCUT2D eigenvalue weighted by atomic mass is 32.1. The molecule has 1 aliphatic heterocycles. The van der Waals surface area contributed by atoms with Crippen LogP contribution in [0.1, 0.15) is 44.5 Å². The van der Waals surface area contributed by atoms with Gasteiger partial charge in [-0.05, 0) is 32.1 Å². The van der Waals surface area contributed by atoms with Gasteiger partial charge in [0.1, 0.15) is 40.7 Å². The molecule has 0 radical (unpaired) electrons. The van der Waals surface area contributed by atoms with Crippen LogP contribution in [0, 0.1) is 17.5 Å². The van der Waals surface area contributed by atoms with Gasteiger partial charge in [-0.3, -0.25) is 14.2 Å². The predicted octanol–water partition coefficient (Wildman–Crippen LogP) is 7.35. The van der Waals surface area contributed by atoms with E-state index >= 15 is 8.78 Å². The second kappa shape index (κ2) is 11.6. The van der Waals surface area contributed by atoms with Crippen molar-refractivity contribution in [3.05, 3.63) is 83.8 Å². The Morgan fingerprint density at radius 2 is 1.86 bits per heavy atom. The minimum atomic E-state index is -0.957. The third-order valence-electron chi connectivity index (χ3n) is 9.44. The number of aromatic nitrogens is 5. The summed E-state index contributed by atoms with van der Waals surface area (Å²) in [5.41, 5.74) is 2.92. The lowest BCUT2D eigenvalue weighted by Gasteiger charge is -2.36. The van der Waals surface area contributed by atoms with E-state index in [2.05, 4.69) is 11.7 Å². The number of rotatable bonds is 6. The number of hydrogen-bond acceptors (Lipinski definition) is 7. The zero-order chi connectivity index (χ0) is 34.3. The van der Waals surface area contributed by atoms with Gasteiger partial charge in [0.05, 0.1) is 45.4 Å². The fourth-order valence-electron chi connectivity index (χ4n) is 6.96. The largest absolute Gasteiger partial charge is 0.489 e. The number of aryl methyl sites for hydroxylation is 1. The zero-order valence-electron chi connectivity index (χ0n) is 26.8. The first-order valence-corrected chi connectivity index (χ1v) is 16.8. The van der Waals surface area contributed by atoms with Crippen LogP contribution in [0.15, 0.2) is 60.6 Å². The molecule has 9 nitrogen and oxygen atoms in total. The van der Waals surface area contributed by atoms with Crippen LogP contribution in [0.25, 0.3) is 54.8 Å². The number of carbonyl (C=O) groups is 1. The molecule has 2 aromatic carbocycles. The second-order valence-electron chi connectivity index (χ2n) is 12.8. The third kappa shape index (κ3) is 5.10. The number of aliphatic hydroxyl groups excluding tert-OH is 1. The van der Waals surface area contributed by atoms with Crippen molar-refractivity contribution in [3.63, 3.8) is 0 Å². The quantitative estimate of drug-likeness (QED) is 0.184. The molecule has 0 bridgehead atoms. The van der Waals surface area contributed by atoms with Crippen molar-refractivity contribution < 1.29 is 27.8 Å². The molecule has 0 spiro atoms. The van der Waals surface area contributed by atoms with Crippen LogP contribution in [0.3, 0.4) is 0 Å². The molecule has 5 heterocycles. The third-order valence-corrected chi connectivity index (χ3v) is 10.4. The minimum Gasteiger partial charge on any atom is -0.489 e. The molecule has 2 atom stereocenters. The first kappa shape index (κ1) is 31.3. The lowest BCUT2D eigenvalue weighted by atomic mass is 9.91. The number of hydrogen-bond donors (Lipinski definition) is 1. The highest BCUT2D eigenvalue weighted by molar-refractivity contribution is 7.17. The molecule has 0 unspecified atom stereocenters. The highest BCUT2D eigenvalue weighted by Crippen LogP contribution is 2.49. The van der Waals surface area contributed by atoms with Crippen LogP contribution in [-0.4, -0.2) is 59.2 Å². The van der Waals surface area contributed by atoms with E-state index in [1.807, 2.05) is 45.3 Å². The summed E-state index contributed by atoms with van der Waals surface area (Å²) in [6, 6.07) is 8.63. The molecule has 6 aromatic rings. The lowest BCUT2D eigenvalue weighted by Crippen LogP contribution is -2.42. The van der Waals surface area contributed by atoms with Gasteiger partial charge in [0.2, 0.25) is 5.91 Å². The molecule has 250 valence electrons. The summed E-state index contributed by atoms with van der Waals surface area (Å²) in [7, 11) is 1.82. The van der Waals surface area contributed by atoms with Gasteiger partial charge in [-0.1, -0.05) is 18.7 Å². The molecule has 1 saturated carbocycles. The van der Waals surface area contributed by atoms with Crippen molar-refractivity contribution in [1.82, 2.24) is 29.4 Å². The monoisotopic (exact) mass is 684 g/mol. The molecule has 8 rings (SSSR count). The number of halogens is 3. The number of benzene rings is 2. The standard InChI is InChI=1S/C36H31F3N6O3S/c1-5-30(47)44-14-17(2)45-28(18(44)3)13-27(42-45)35-33(31-24(38)9-21(37)10-29(31)48-23-11-22(46)12-23)32-25(39)16-49-36(32)34(40-35)19-6-7-20-15-43(4)41-26(20)8-19/h5-10,13,15-18,22-23,46H,1,11-12,14H2,2-4H3/t17-,18+,22?,23?/m0/s1. The Hall–Kier alpha value is -5.01. The molecule has 1 fully saturated rings. The Morgan fingerprint density at radius 1 is 1.06 bits per heavy atom. The van der Waals surface area contributed by atoms with Crippen molar-refractivity contribution in [2.24, 2.45) is 7.05 Å². The van der Waals surface area contributed by atoms with Gasteiger partial charge in [0.15, 0.2) is 0 Å². The SMILES string of the molecule is C=CC(=O)N1C[C@H](C)n2nc(-c3nc(-c4ccc5cn(C)nc5c4)c4scc(F)c4c3-c3c(F)cc(F)cc3OC3CC(O)C3)cc2[C@H]1C. The van der Waals surface area contributed by atoms with Crippen LogP contribution >= 0.6 is 11.3 Å². The maximum absolute atomic E-state index is 16.2. The van der Waals surface area contributed by atoms with Gasteiger partial charge >= 0.3 is 0 Å². The Bertz CT molecular complexity index is 2320. The summed E-state index contributed by atoms with van der Waals surface area (Å²) in [4.78, 5) is 19.6. The molecule has 2 aliphatic rings. The first-order chi connectivity index (χ1) is 23.5. The maximum Gasteiger partial charge on any atom is 0.246 e. The average molecular weight is 685 g/mol. The highest BCUT2D eigenvalue weighted by Gasteiger charge is 2.36. The molecule has 4 aromatic heterocycles. The predicted molar refractivity (Wildman–Crippen MR) is 181 cm³/mol. The Balaban J connectivity index is 1.42. The fraction of sp³-hybridized carbons (Fsp3) is 0.278. The topological polar surface area (TPSA) is 98.3 Å². The number of fused-ring (bicyclic) bond motifs is 3. The number of ether oxygens (including phenoxy) is 1. The molecule has 1 amide bonds. The molecular formula is C36H31F3N6O3S. The van der Waals surface area contributed by atoms with Crippen LogP contribution in [0.2, 0.25) is 0 Å². The minimum absolute atomic E-state index is 0.0681. The first-order valence-electron chi connectivity index (χ1n) is 15.9. The normalized spacial score (nSPS) is 20.4. The van der Waals surface area contributed by atoms with Crippen LogP contribution < -0.4 is 4.74 Å². The van der Waals surface area contributed by atoms with Crippen LogP contribution in [0.5, 0.6) is 5.75 Å². The second-order valence-corrected chi connectivity index (χ2v) is 13.7. The van der Waals surface area contributed by atoms with Crippen molar-refractivity contribution in [2.45, 2.75) is 51.0 Å². The summed E-state index contributed by atoms with van der Waals surface area (Å²) in [6.45, 7) is 7.84.